The minimum Gasteiger partial charge on any atom is -0.476 e. The first-order chi connectivity index (χ1) is 9.13. The van der Waals surface area contributed by atoms with Gasteiger partial charge in [-0.25, -0.2) is 4.79 Å². The largest absolute Gasteiger partial charge is 0.476 e. The van der Waals surface area contributed by atoms with E-state index in [-0.39, 0.29) is 5.69 Å². The normalized spacial score (nSPS) is 11.0. The third-order valence-electron chi connectivity index (χ3n) is 2.84. The van der Waals surface area contributed by atoms with Gasteiger partial charge < -0.3 is 14.2 Å². The van der Waals surface area contributed by atoms with Crippen molar-refractivity contribution in [1.82, 2.24) is 9.72 Å². The molecule has 1 aromatic carbocycles. The first-order valence-electron chi connectivity index (χ1n) is 5.57. The molecule has 0 bridgehead atoms. The molecule has 0 aliphatic rings. The van der Waals surface area contributed by atoms with Crippen molar-refractivity contribution in [2.24, 2.45) is 0 Å². The van der Waals surface area contributed by atoms with Crippen molar-refractivity contribution in [3.8, 4) is 0 Å². The highest BCUT2D eigenvalue weighted by atomic mass is 35.5. The lowest BCUT2D eigenvalue weighted by Crippen LogP contribution is -1.97. The molecule has 2 aromatic heterocycles. The van der Waals surface area contributed by atoms with Gasteiger partial charge in [0.25, 0.3) is 0 Å². The summed E-state index contributed by atoms with van der Waals surface area (Å²) in [5.74, 6) is -0.620. The second kappa shape index (κ2) is 4.44. The van der Waals surface area contributed by atoms with Crippen molar-refractivity contribution in [3.63, 3.8) is 0 Å². The Kier molecular flexibility index (Phi) is 2.76. The van der Waals surface area contributed by atoms with Gasteiger partial charge in [-0.15, -0.1) is 0 Å². The van der Waals surface area contributed by atoms with E-state index < -0.39 is 5.97 Å². The average molecular weight is 277 g/mol. The Morgan fingerprint density at radius 3 is 2.95 bits per heavy atom. The quantitative estimate of drug-likeness (QED) is 0.798. The number of carboxylic acids is 1. The lowest BCUT2D eigenvalue weighted by atomic mass is 10.2. The summed E-state index contributed by atoms with van der Waals surface area (Å²) in [6, 6.07) is 8.98. The van der Waals surface area contributed by atoms with E-state index in [9.17, 15) is 4.79 Å². The van der Waals surface area contributed by atoms with E-state index in [0.717, 1.165) is 10.9 Å². The maximum atomic E-state index is 10.7. The molecule has 96 valence electrons. The molecule has 0 atom stereocenters. The molecule has 3 rings (SSSR count). The third-order valence-corrected chi connectivity index (χ3v) is 3.08. The molecule has 0 saturated carbocycles. The molecule has 0 radical (unpaired) electrons. The molecular weight excluding hydrogens is 268 g/mol. The number of benzene rings is 1. The highest BCUT2D eigenvalue weighted by Crippen LogP contribution is 2.21. The minimum atomic E-state index is -1.10. The Hall–Kier alpha value is -2.27. The molecular formula is C13H9ClN2O3. The molecule has 19 heavy (non-hydrogen) atoms. The number of aromatic carboxylic acids is 1. The molecule has 0 fully saturated rings. The molecule has 0 unspecified atom stereocenters. The maximum Gasteiger partial charge on any atom is 0.358 e. The summed E-state index contributed by atoms with van der Waals surface area (Å²) in [6.07, 6.45) is 1.89. The van der Waals surface area contributed by atoms with Crippen LogP contribution >= 0.6 is 11.6 Å². The van der Waals surface area contributed by atoms with Gasteiger partial charge in [-0.3, -0.25) is 0 Å². The van der Waals surface area contributed by atoms with Gasteiger partial charge in [0.05, 0.1) is 6.54 Å². The summed E-state index contributed by atoms with van der Waals surface area (Å²) >= 11 is 5.97. The van der Waals surface area contributed by atoms with Crippen molar-refractivity contribution >= 4 is 28.5 Å². The van der Waals surface area contributed by atoms with Gasteiger partial charge in [-0.2, -0.15) is 0 Å². The van der Waals surface area contributed by atoms with Crippen molar-refractivity contribution in [1.29, 1.82) is 0 Å². The monoisotopic (exact) mass is 276 g/mol. The fraction of sp³-hybridized carbons (Fsp3) is 0.0769. The van der Waals surface area contributed by atoms with Gasteiger partial charge in [0.1, 0.15) is 0 Å². The molecule has 2 heterocycles. The van der Waals surface area contributed by atoms with Gasteiger partial charge in [0, 0.05) is 22.8 Å². The predicted octanol–water partition coefficient (Wildman–Crippen LogP) is 3.03. The number of carbonyl (C=O) groups is 1. The molecule has 0 aliphatic carbocycles. The van der Waals surface area contributed by atoms with E-state index in [0.29, 0.717) is 17.3 Å². The fourth-order valence-electron chi connectivity index (χ4n) is 1.95. The van der Waals surface area contributed by atoms with Gasteiger partial charge in [-0.05, 0) is 23.6 Å². The molecule has 3 aromatic rings. The summed E-state index contributed by atoms with van der Waals surface area (Å²) in [5.41, 5.74) is 0.866. The number of rotatable bonds is 3. The zero-order valence-electron chi connectivity index (χ0n) is 9.71. The molecule has 0 amide bonds. The number of carboxylic acid groups (broad SMARTS) is 1. The van der Waals surface area contributed by atoms with E-state index in [1.807, 2.05) is 35.0 Å². The summed E-state index contributed by atoms with van der Waals surface area (Å²) in [5, 5.41) is 14.0. The van der Waals surface area contributed by atoms with Gasteiger partial charge in [0.2, 0.25) is 0 Å². The fourth-order valence-corrected chi connectivity index (χ4v) is 2.12. The molecule has 5 nitrogen and oxygen atoms in total. The molecule has 0 aliphatic heterocycles. The van der Waals surface area contributed by atoms with Crippen molar-refractivity contribution in [2.45, 2.75) is 6.54 Å². The van der Waals surface area contributed by atoms with E-state index in [2.05, 4.69) is 5.16 Å². The predicted molar refractivity (Wildman–Crippen MR) is 69.5 cm³/mol. The number of fused-ring (bicyclic) bond motifs is 1. The van der Waals surface area contributed by atoms with E-state index in [1.165, 1.54) is 6.07 Å². The Labute approximate surface area is 113 Å². The summed E-state index contributed by atoms with van der Waals surface area (Å²) < 4.78 is 6.92. The number of aromatic nitrogens is 2. The topological polar surface area (TPSA) is 68.3 Å². The van der Waals surface area contributed by atoms with Crippen LogP contribution in [0.5, 0.6) is 0 Å². The Bertz CT molecular complexity index is 760. The van der Waals surface area contributed by atoms with Crippen LogP contribution in [0, 0.1) is 0 Å². The Morgan fingerprint density at radius 1 is 1.37 bits per heavy atom. The van der Waals surface area contributed by atoms with Gasteiger partial charge >= 0.3 is 5.97 Å². The van der Waals surface area contributed by atoms with Crippen LogP contribution < -0.4 is 0 Å². The van der Waals surface area contributed by atoms with E-state index in [1.54, 1.807) is 0 Å². The Balaban J connectivity index is 1.96. The smallest absolute Gasteiger partial charge is 0.358 e. The Morgan fingerprint density at radius 2 is 2.21 bits per heavy atom. The number of hydrogen-bond donors (Lipinski definition) is 1. The van der Waals surface area contributed by atoms with Crippen molar-refractivity contribution in [3.05, 3.63) is 53.0 Å². The SMILES string of the molecule is O=C(O)c1cc(Cn2ccc3ccc(Cl)cc32)on1. The second-order valence-corrected chi connectivity index (χ2v) is 4.57. The average Bonchev–Trinajstić information content (AvgIpc) is 2.98. The number of hydrogen-bond acceptors (Lipinski definition) is 3. The molecule has 6 heteroatoms. The van der Waals surface area contributed by atoms with Crippen LogP contribution in [-0.2, 0) is 6.54 Å². The number of nitrogens with zero attached hydrogens (tertiary/aromatic N) is 2. The standard InChI is InChI=1S/C13H9ClN2O3/c14-9-2-1-8-3-4-16(12(8)5-9)7-10-6-11(13(17)18)15-19-10/h1-6H,7H2,(H,17,18). The van der Waals surface area contributed by atoms with Crippen LogP contribution in [0.25, 0.3) is 10.9 Å². The third kappa shape index (κ3) is 2.20. The van der Waals surface area contributed by atoms with Crippen LogP contribution in [0.3, 0.4) is 0 Å². The highest BCUT2D eigenvalue weighted by molar-refractivity contribution is 6.31. The maximum absolute atomic E-state index is 10.7. The van der Waals surface area contributed by atoms with E-state index >= 15 is 0 Å². The second-order valence-electron chi connectivity index (χ2n) is 4.13. The van der Waals surface area contributed by atoms with E-state index in [4.69, 9.17) is 21.2 Å². The zero-order chi connectivity index (χ0) is 13.4. The van der Waals surface area contributed by atoms with Gasteiger partial charge in [-0.1, -0.05) is 22.8 Å². The first kappa shape index (κ1) is 11.8. The number of halogens is 1. The zero-order valence-corrected chi connectivity index (χ0v) is 10.5. The lowest BCUT2D eigenvalue weighted by molar-refractivity contribution is 0.0685. The summed E-state index contributed by atoms with van der Waals surface area (Å²) in [6.45, 7) is 0.407. The lowest BCUT2D eigenvalue weighted by Gasteiger charge is -2.02. The molecule has 0 spiro atoms. The summed E-state index contributed by atoms with van der Waals surface area (Å²) in [4.78, 5) is 10.7. The van der Waals surface area contributed by atoms with Crippen LogP contribution in [0.15, 0.2) is 41.1 Å². The summed E-state index contributed by atoms with van der Waals surface area (Å²) in [7, 11) is 0. The first-order valence-corrected chi connectivity index (χ1v) is 5.94. The van der Waals surface area contributed by atoms with Crippen LogP contribution in [0.1, 0.15) is 16.2 Å². The highest BCUT2D eigenvalue weighted by Gasteiger charge is 2.11. The minimum absolute atomic E-state index is 0.0931. The molecule has 0 saturated heterocycles. The van der Waals surface area contributed by atoms with Crippen molar-refractivity contribution < 1.29 is 14.4 Å². The van der Waals surface area contributed by atoms with Crippen LogP contribution in [-0.4, -0.2) is 20.8 Å². The van der Waals surface area contributed by atoms with Gasteiger partial charge in [0.15, 0.2) is 11.5 Å². The van der Waals surface area contributed by atoms with Crippen molar-refractivity contribution in [2.75, 3.05) is 0 Å². The molecule has 1 N–H and O–H groups in total. The van der Waals surface area contributed by atoms with Crippen LogP contribution in [0.2, 0.25) is 5.02 Å². The van der Waals surface area contributed by atoms with Crippen LogP contribution in [0.4, 0.5) is 0 Å².